The molecule has 0 fully saturated rings. The van der Waals surface area contributed by atoms with Crippen LogP contribution in [0.15, 0.2) is 25.3 Å². The monoisotopic (exact) mass is 230 g/mol. The molecular weight excluding hydrogens is 212 g/mol. The zero-order valence-electron chi connectivity index (χ0n) is 9.48. The molecule has 0 radical (unpaired) electrons. The highest BCUT2D eigenvalue weighted by Gasteiger charge is 1.91. The Balaban J connectivity index is 0. The van der Waals surface area contributed by atoms with Gasteiger partial charge in [-0.3, -0.25) is 0 Å². The second-order valence-corrected chi connectivity index (χ2v) is 2.40. The Morgan fingerprint density at radius 2 is 1.69 bits per heavy atom. The van der Waals surface area contributed by atoms with Gasteiger partial charge in [0.15, 0.2) is 0 Å². The summed E-state index contributed by atoms with van der Waals surface area (Å²) in [5, 5.41) is 8.23. The minimum absolute atomic E-state index is 0.0461. The summed E-state index contributed by atoms with van der Waals surface area (Å²) < 4.78 is 8.95. The number of rotatable bonds is 6. The number of esters is 2. The van der Waals surface area contributed by atoms with Crippen molar-refractivity contribution < 1.29 is 24.2 Å². The lowest BCUT2D eigenvalue weighted by atomic mass is 10.5. The van der Waals surface area contributed by atoms with Gasteiger partial charge in [0.1, 0.15) is 0 Å². The van der Waals surface area contributed by atoms with Gasteiger partial charge >= 0.3 is 11.9 Å². The second kappa shape index (κ2) is 13.4. The molecule has 0 unspecified atom stereocenters. The summed E-state index contributed by atoms with van der Waals surface area (Å²) in [7, 11) is 0. The minimum Gasteiger partial charge on any atom is -0.463 e. The number of aliphatic hydroxyl groups is 1. The molecule has 0 bridgehead atoms. The van der Waals surface area contributed by atoms with Gasteiger partial charge in [-0.1, -0.05) is 13.2 Å². The fraction of sp³-hybridized carbons (Fsp3) is 0.455. The smallest absolute Gasteiger partial charge is 0.330 e. The number of ether oxygens (including phenoxy) is 2. The van der Waals surface area contributed by atoms with Gasteiger partial charge < -0.3 is 14.6 Å². The molecule has 0 aromatic rings. The van der Waals surface area contributed by atoms with Crippen molar-refractivity contribution in [3.05, 3.63) is 25.3 Å². The molecule has 0 aromatic carbocycles. The Bertz CT molecular complexity index is 222. The third kappa shape index (κ3) is 14.9. The molecule has 0 aliphatic rings. The molecule has 0 amide bonds. The van der Waals surface area contributed by atoms with Crippen molar-refractivity contribution in [3.8, 4) is 0 Å². The van der Waals surface area contributed by atoms with Gasteiger partial charge in [0.05, 0.1) is 13.2 Å². The number of carbonyl (C=O) groups is 2. The van der Waals surface area contributed by atoms with Crippen LogP contribution in [0, 0.1) is 0 Å². The Morgan fingerprint density at radius 1 is 1.19 bits per heavy atom. The molecule has 0 rings (SSSR count). The first kappa shape index (κ1) is 16.8. The largest absolute Gasteiger partial charge is 0.463 e. The maximum Gasteiger partial charge on any atom is 0.330 e. The van der Waals surface area contributed by atoms with Crippen LogP contribution in [0.3, 0.4) is 0 Å². The molecule has 5 heteroatoms. The van der Waals surface area contributed by atoms with Gasteiger partial charge in [-0.15, -0.1) is 0 Å². The maximum absolute atomic E-state index is 10.3. The lowest BCUT2D eigenvalue weighted by molar-refractivity contribution is -0.138. The normalized spacial score (nSPS) is 8.12. The van der Waals surface area contributed by atoms with Crippen molar-refractivity contribution in [1.82, 2.24) is 0 Å². The van der Waals surface area contributed by atoms with Crippen LogP contribution in [0.25, 0.3) is 0 Å². The van der Waals surface area contributed by atoms with E-state index in [1.165, 1.54) is 0 Å². The predicted molar refractivity (Wildman–Crippen MR) is 59.7 cm³/mol. The zero-order chi connectivity index (χ0) is 12.8. The van der Waals surface area contributed by atoms with Crippen LogP contribution in [0.1, 0.15) is 13.3 Å². The molecule has 92 valence electrons. The van der Waals surface area contributed by atoms with E-state index < -0.39 is 5.97 Å². The molecule has 1 N–H and O–H groups in total. The van der Waals surface area contributed by atoms with E-state index in [4.69, 9.17) is 5.11 Å². The van der Waals surface area contributed by atoms with Crippen molar-refractivity contribution in [2.45, 2.75) is 13.3 Å². The van der Waals surface area contributed by atoms with Gasteiger partial charge in [-0.25, -0.2) is 9.59 Å². The van der Waals surface area contributed by atoms with Crippen molar-refractivity contribution in [3.63, 3.8) is 0 Å². The van der Waals surface area contributed by atoms with Crippen LogP contribution in [0.5, 0.6) is 0 Å². The molecule has 0 aliphatic heterocycles. The Hall–Kier alpha value is -1.62. The van der Waals surface area contributed by atoms with Gasteiger partial charge in [-0.2, -0.15) is 0 Å². The van der Waals surface area contributed by atoms with E-state index in [1.807, 2.05) is 0 Å². The van der Waals surface area contributed by atoms with E-state index in [1.54, 1.807) is 6.92 Å². The lowest BCUT2D eigenvalue weighted by Crippen LogP contribution is -2.02. The summed E-state index contributed by atoms with van der Waals surface area (Å²) in [5.41, 5.74) is 0. The van der Waals surface area contributed by atoms with Crippen molar-refractivity contribution in [2.75, 3.05) is 19.8 Å². The molecule has 0 saturated carbocycles. The first-order chi connectivity index (χ1) is 7.62. The van der Waals surface area contributed by atoms with Crippen molar-refractivity contribution >= 4 is 11.9 Å². The second-order valence-electron chi connectivity index (χ2n) is 2.40. The number of aliphatic hydroxyl groups excluding tert-OH is 1. The highest BCUT2D eigenvalue weighted by atomic mass is 16.5. The summed E-state index contributed by atoms with van der Waals surface area (Å²) in [6, 6.07) is 0. The Morgan fingerprint density at radius 3 is 2.00 bits per heavy atom. The third-order valence-corrected chi connectivity index (χ3v) is 1.17. The average Bonchev–Trinajstić information content (AvgIpc) is 2.30. The Labute approximate surface area is 95.4 Å². The highest BCUT2D eigenvalue weighted by molar-refractivity contribution is 5.81. The standard InChI is InChI=1S/C6H10O3.C5H8O2/c1-2-6(8)9-5-3-4-7;1-3-5(6)7-4-2/h2,7H,1,3-5H2;3H,1,4H2,2H3. The van der Waals surface area contributed by atoms with Gasteiger partial charge in [0, 0.05) is 25.2 Å². The van der Waals surface area contributed by atoms with Crippen LogP contribution in [0.2, 0.25) is 0 Å². The fourth-order valence-electron chi connectivity index (χ4n) is 0.497. The molecule has 5 nitrogen and oxygen atoms in total. The van der Waals surface area contributed by atoms with Crippen LogP contribution in [0.4, 0.5) is 0 Å². The van der Waals surface area contributed by atoms with E-state index >= 15 is 0 Å². The summed E-state index contributed by atoms with van der Waals surface area (Å²) in [4.78, 5) is 20.3. The summed E-state index contributed by atoms with van der Waals surface area (Å²) in [6.45, 7) is 8.89. The van der Waals surface area contributed by atoms with E-state index in [0.717, 1.165) is 12.2 Å². The SMILES string of the molecule is C=CC(=O)OCC.C=CC(=O)OCCCO. The molecule has 0 aromatic heterocycles. The molecule has 0 atom stereocenters. The van der Waals surface area contributed by atoms with Crippen molar-refractivity contribution in [2.24, 2.45) is 0 Å². The molecule has 16 heavy (non-hydrogen) atoms. The van der Waals surface area contributed by atoms with E-state index in [-0.39, 0.29) is 19.2 Å². The quantitative estimate of drug-likeness (QED) is 0.415. The molecule has 0 heterocycles. The summed E-state index contributed by atoms with van der Waals surface area (Å²) in [6.07, 6.45) is 2.72. The average molecular weight is 230 g/mol. The summed E-state index contributed by atoms with van der Waals surface area (Å²) >= 11 is 0. The molecule has 0 aliphatic carbocycles. The van der Waals surface area contributed by atoms with E-state index in [2.05, 4.69) is 22.6 Å². The molecule has 0 saturated heterocycles. The highest BCUT2D eigenvalue weighted by Crippen LogP contribution is 1.82. The minimum atomic E-state index is -0.441. The molecular formula is C11H18O5. The predicted octanol–water partition coefficient (Wildman–Crippen LogP) is 0.833. The third-order valence-electron chi connectivity index (χ3n) is 1.17. The van der Waals surface area contributed by atoms with Gasteiger partial charge in [0.2, 0.25) is 0 Å². The maximum atomic E-state index is 10.3. The zero-order valence-corrected chi connectivity index (χ0v) is 9.48. The van der Waals surface area contributed by atoms with Crippen LogP contribution >= 0.6 is 0 Å². The first-order valence-electron chi connectivity index (χ1n) is 4.81. The Kier molecular flexibility index (Phi) is 14.0. The fourth-order valence-corrected chi connectivity index (χ4v) is 0.497. The van der Waals surface area contributed by atoms with Crippen LogP contribution in [-0.2, 0) is 19.1 Å². The summed E-state index contributed by atoms with van der Waals surface area (Å²) in [5.74, 6) is -0.800. The lowest BCUT2D eigenvalue weighted by Gasteiger charge is -1.96. The van der Waals surface area contributed by atoms with Gasteiger partial charge in [0.25, 0.3) is 0 Å². The van der Waals surface area contributed by atoms with Crippen LogP contribution < -0.4 is 0 Å². The topological polar surface area (TPSA) is 72.8 Å². The first-order valence-corrected chi connectivity index (χ1v) is 4.81. The van der Waals surface area contributed by atoms with Crippen LogP contribution in [-0.4, -0.2) is 36.9 Å². The van der Waals surface area contributed by atoms with Crippen molar-refractivity contribution in [1.29, 1.82) is 0 Å². The number of hydrogen-bond acceptors (Lipinski definition) is 5. The molecule has 0 spiro atoms. The van der Waals surface area contributed by atoms with E-state index in [9.17, 15) is 9.59 Å². The number of carbonyl (C=O) groups excluding carboxylic acids is 2. The van der Waals surface area contributed by atoms with E-state index in [0.29, 0.717) is 13.0 Å². The van der Waals surface area contributed by atoms with Gasteiger partial charge in [-0.05, 0) is 6.92 Å². The number of hydrogen-bond donors (Lipinski definition) is 1.